The minimum Gasteiger partial charge on any atom is -0.405 e. The SMILES string of the molecule is [2H]C(C)(c1cccc(-c2ccccc2C)c1)N1C([2H])([2H])C([2H])([2H])N(c2ccc(C)c3c2oc(=O)n3C)C(C)(C)C1([2H])C. The topological polar surface area (TPSA) is 41.6 Å². The number of rotatable bonds is 4. The van der Waals surface area contributed by atoms with E-state index in [0.717, 1.165) is 27.2 Å². The third-order valence-corrected chi connectivity index (χ3v) is 7.48. The van der Waals surface area contributed by atoms with Gasteiger partial charge in [-0.15, -0.1) is 0 Å². The van der Waals surface area contributed by atoms with E-state index in [9.17, 15) is 13.0 Å². The summed E-state index contributed by atoms with van der Waals surface area (Å²) in [5.74, 6) is -0.624. The van der Waals surface area contributed by atoms with Crippen LogP contribution in [-0.4, -0.2) is 34.0 Å². The minimum absolute atomic E-state index is 0.124. The molecule has 0 N–H and O–H groups in total. The monoisotopic (exact) mass is 489 g/mol. The number of hydrogen-bond donors (Lipinski definition) is 0. The van der Waals surface area contributed by atoms with Gasteiger partial charge in [-0.2, -0.15) is 0 Å². The zero-order valence-corrected chi connectivity index (χ0v) is 21.9. The van der Waals surface area contributed by atoms with E-state index >= 15 is 0 Å². The Labute approximate surface area is 222 Å². The zero-order chi connectivity index (χ0) is 31.2. The lowest BCUT2D eigenvalue weighted by atomic mass is 9.86. The van der Waals surface area contributed by atoms with E-state index < -0.39 is 36.3 Å². The number of aryl methyl sites for hydroxylation is 3. The van der Waals surface area contributed by atoms with Crippen molar-refractivity contribution in [3.8, 4) is 11.1 Å². The Morgan fingerprint density at radius 3 is 2.58 bits per heavy atom. The molecule has 1 aliphatic rings. The maximum Gasteiger partial charge on any atom is 0.419 e. The van der Waals surface area contributed by atoms with Crippen LogP contribution >= 0.6 is 0 Å². The van der Waals surface area contributed by atoms with Gasteiger partial charge in [0.25, 0.3) is 0 Å². The van der Waals surface area contributed by atoms with E-state index in [4.69, 9.17) is 4.42 Å². The molecule has 2 heterocycles. The smallest absolute Gasteiger partial charge is 0.405 e. The average Bonchev–Trinajstić information content (AvgIpc) is 3.19. The molecule has 0 aliphatic carbocycles. The van der Waals surface area contributed by atoms with Crippen LogP contribution in [0.25, 0.3) is 22.2 Å². The fraction of sp³-hybridized carbons (Fsp3) is 0.387. The van der Waals surface area contributed by atoms with Crippen LogP contribution < -0.4 is 10.7 Å². The van der Waals surface area contributed by atoms with Gasteiger partial charge in [-0.1, -0.05) is 48.5 Å². The first kappa shape index (κ1) is 18.0. The molecule has 0 bridgehead atoms. The third kappa shape index (κ3) is 3.86. The van der Waals surface area contributed by atoms with Crippen molar-refractivity contribution in [3.63, 3.8) is 0 Å². The number of anilines is 1. The highest BCUT2D eigenvalue weighted by molar-refractivity contribution is 5.90. The van der Waals surface area contributed by atoms with Crippen LogP contribution in [0.1, 0.15) is 58.6 Å². The molecule has 2 unspecified atom stereocenters. The van der Waals surface area contributed by atoms with Crippen LogP contribution in [0.3, 0.4) is 0 Å². The van der Waals surface area contributed by atoms with Crippen molar-refractivity contribution >= 4 is 16.8 Å². The van der Waals surface area contributed by atoms with Crippen LogP contribution in [-0.2, 0) is 7.05 Å². The van der Waals surface area contributed by atoms with Crippen LogP contribution in [0.5, 0.6) is 0 Å². The molecule has 5 rings (SSSR count). The number of nitrogens with zero attached hydrogens (tertiary/aromatic N) is 3. The predicted octanol–water partition coefficient (Wildman–Crippen LogP) is 6.47. The molecule has 188 valence electrons. The van der Waals surface area contributed by atoms with Gasteiger partial charge in [0.15, 0.2) is 5.58 Å². The van der Waals surface area contributed by atoms with E-state index in [0.29, 0.717) is 11.1 Å². The van der Waals surface area contributed by atoms with Gasteiger partial charge in [0, 0.05) is 41.7 Å². The molecule has 2 atom stereocenters. The molecular weight excluding hydrogens is 446 g/mol. The highest BCUT2D eigenvalue weighted by atomic mass is 16.4. The molecule has 0 radical (unpaired) electrons. The highest BCUT2D eigenvalue weighted by Crippen LogP contribution is 2.40. The van der Waals surface area contributed by atoms with Crippen molar-refractivity contribution < 1.29 is 12.6 Å². The van der Waals surface area contributed by atoms with Crippen LogP contribution in [0, 0.1) is 13.8 Å². The number of hydrogen-bond acceptors (Lipinski definition) is 4. The van der Waals surface area contributed by atoms with Crippen molar-refractivity contribution in [1.82, 2.24) is 9.47 Å². The molecule has 0 spiro atoms. The quantitative estimate of drug-likeness (QED) is 0.330. The lowest BCUT2D eigenvalue weighted by Crippen LogP contribution is -2.65. The van der Waals surface area contributed by atoms with Gasteiger partial charge < -0.3 is 9.32 Å². The second-order valence-corrected chi connectivity index (χ2v) is 10.0. The van der Waals surface area contributed by atoms with E-state index in [-0.39, 0.29) is 11.3 Å². The first-order chi connectivity index (χ1) is 19.3. The van der Waals surface area contributed by atoms with Crippen LogP contribution in [0.4, 0.5) is 5.69 Å². The molecule has 1 fully saturated rings. The Hall–Kier alpha value is -3.31. The molecule has 3 aromatic carbocycles. The maximum absolute atomic E-state index is 12.5. The van der Waals surface area contributed by atoms with Gasteiger partial charge in [-0.05, 0) is 81.5 Å². The van der Waals surface area contributed by atoms with Crippen molar-refractivity contribution in [2.75, 3.05) is 17.9 Å². The number of fused-ring (bicyclic) bond motifs is 1. The first-order valence-corrected chi connectivity index (χ1v) is 12.2. The largest absolute Gasteiger partial charge is 0.419 e. The van der Waals surface area contributed by atoms with Crippen LogP contribution in [0.2, 0.25) is 0 Å². The van der Waals surface area contributed by atoms with E-state index in [1.165, 1.54) is 23.3 Å². The highest BCUT2D eigenvalue weighted by Gasteiger charge is 2.43. The van der Waals surface area contributed by atoms with E-state index in [2.05, 4.69) is 0 Å². The Morgan fingerprint density at radius 2 is 1.83 bits per heavy atom. The summed E-state index contributed by atoms with van der Waals surface area (Å²) in [6.07, 6.45) is 0. The van der Waals surface area contributed by atoms with Gasteiger partial charge in [0.05, 0.1) is 15.3 Å². The zero-order valence-electron chi connectivity index (χ0n) is 27.9. The summed E-state index contributed by atoms with van der Waals surface area (Å²) in [4.78, 5) is 14.8. The second-order valence-electron chi connectivity index (χ2n) is 10.0. The molecule has 1 saturated heterocycles. The summed E-state index contributed by atoms with van der Waals surface area (Å²) in [5, 5.41) is 0. The van der Waals surface area contributed by atoms with Crippen molar-refractivity contribution in [2.45, 2.75) is 59.1 Å². The van der Waals surface area contributed by atoms with E-state index in [1.807, 2.05) is 50.2 Å². The Morgan fingerprint density at radius 1 is 1.08 bits per heavy atom. The molecule has 36 heavy (non-hydrogen) atoms. The summed E-state index contributed by atoms with van der Waals surface area (Å²) >= 11 is 0. The van der Waals surface area contributed by atoms with Crippen molar-refractivity contribution in [1.29, 1.82) is 0 Å². The fourth-order valence-corrected chi connectivity index (χ4v) is 4.99. The Kier molecular flexibility index (Phi) is 4.49. The van der Waals surface area contributed by atoms with Gasteiger partial charge in [0.1, 0.15) is 0 Å². The lowest BCUT2D eigenvalue weighted by molar-refractivity contribution is 0.0747. The maximum atomic E-state index is 12.5. The first-order valence-electron chi connectivity index (χ1n) is 15.2. The van der Waals surface area contributed by atoms with E-state index in [1.54, 1.807) is 45.2 Å². The van der Waals surface area contributed by atoms with Gasteiger partial charge in [-0.3, -0.25) is 9.47 Å². The second kappa shape index (κ2) is 8.97. The van der Waals surface area contributed by atoms with Gasteiger partial charge >= 0.3 is 5.76 Å². The Balaban J connectivity index is 1.71. The molecule has 5 nitrogen and oxygen atoms in total. The van der Waals surface area contributed by atoms with Crippen molar-refractivity contribution in [2.24, 2.45) is 7.05 Å². The minimum atomic E-state index is -2.86. The van der Waals surface area contributed by atoms with Crippen LogP contribution in [0.15, 0.2) is 69.9 Å². The number of piperazine rings is 1. The molecule has 1 aromatic heterocycles. The summed E-state index contributed by atoms with van der Waals surface area (Å²) in [5.41, 5.74) is 3.35. The molecule has 5 heteroatoms. The summed E-state index contributed by atoms with van der Waals surface area (Å²) in [7, 11) is 1.56. The molecule has 0 amide bonds. The molecule has 1 aliphatic heterocycles. The third-order valence-electron chi connectivity index (χ3n) is 7.48. The summed E-state index contributed by atoms with van der Waals surface area (Å²) < 4.78 is 63.4. The van der Waals surface area contributed by atoms with Gasteiger partial charge in [0.2, 0.25) is 0 Å². The standard InChI is InChI=1S/C31H37N3O2/c1-20-11-8-9-14-26(20)25-13-10-12-24(19-25)22(3)33-17-18-34(31(5,6)23(33)4)27-16-15-21(2)28-29(27)36-30(35)32(28)7/h8-16,19,22-23H,17-18H2,1-7H3/i17D2,18D2,22D,23D. The number of aromatic nitrogens is 1. The lowest BCUT2D eigenvalue weighted by Gasteiger charge is -2.54. The van der Waals surface area contributed by atoms with Crippen molar-refractivity contribution in [3.05, 3.63) is 87.9 Å². The molecule has 4 aromatic rings. The number of oxazole rings is 1. The normalized spacial score (nSPS) is 27.2. The fourth-order valence-electron chi connectivity index (χ4n) is 4.99. The molecular formula is C31H37N3O2. The number of benzene rings is 3. The summed E-state index contributed by atoms with van der Waals surface area (Å²) in [6, 6.07) is 14.7. The van der Waals surface area contributed by atoms with Gasteiger partial charge in [-0.25, -0.2) is 4.79 Å². The predicted molar refractivity (Wildman–Crippen MR) is 149 cm³/mol. The summed E-state index contributed by atoms with van der Waals surface area (Å²) in [6.45, 7) is 4.51. The average molecular weight is 490 g/mol. The Bertz CT molecular complexity index is 1730. The molecule has 0 saturated carbocycles.